The number of nitrogens with one attached hydrogen (secondary N) is 1. The van der Waals surface area contributed by atoms with Crippen molar-refractivity contribution in [2.24, 2.45) is 0 Å². The van der Waals surface area contributed by atoms with E-state index >= 15 is 0 Å². The first kappa shape index (κ1) is 15.8. The zero-order valence-corrected chi connectivity index (χ0v) is 13.9. The van der Waals surface area contributed by atoms with Gasteiger partial charge in [-0.15, -0.1) is 11.8 Å². The number of aromatic nitrogens is 1. The van der Waals surface area contributed by atoms with Gasteiger partial charge in [0.15, 0.2) is 0 Å². The molecule has 1 heterocycles. The van der Waals surface area contributed by atoms with Gasteiger partial charge < -0.3 is 5.32 Å². The monoisotopic (exact) mass is 346 g/mol. The summed E-state index contributed by atoms with van der Waals surface area (Å²) >= 11 is 19.8. The van der Waals surface area contributed by atoms with Crippen LogP contribution in [0.4, 0.5) is 5.82 Å². The number of benzene rings is 1. The van der Waals surface area contributed by atoms with E-state index in [2.05, 4.69) is 10.3 Å². The molecule has 2 aromatic rings. The van der Waals surface area contributed by atoms with Gasteiger partial charge in [0, 0.05) is 22.2 Å². The van der Waals surface area contributed by atoms with Gasteiger partial charge in [-0.1, -0.05) is 34.8 Å². The van der Waals surface area contributed by atoms with E-state index < -0.39 is 0 Å². The standard InChI is InChI=1S/C14H13Cl3N2S/c1-2-18-14-6-5-10(16)12(19-14)8-20-13-7-9(15)3-4-11(13)17/h3-7H,2,8H2,1H3,(H,18,19). The predicted octanol–water partition coefficient (Wildman–Crippen LogP) is 5.77. The van der Waals surface area contributed by atoms with Crippen LogP contribution >= 0.6 is 46.6 Å². The fraction of sp³-hybridized carbons (Fsp3) is 0.214. The molecule has 0 spiro atoms. The van der Waals surface area contributed by atoms with Crippen LogP contribution in [-0.4, -0.2) is 11.5 Å². The van der Waals surface area contributed by atoms with Crippen LogP contribution in [0.5, 0.6) is 0 Å². The third-order valence-corrected chi connectivity index (χ3v) is 4.62. The summed E-state index contributed by atoms with van der Waals surface area (Å²) in [6.45, 7) is 2.85. The molecule has 2 nitrogen and oxygen atoms in total. The average Bonchev–Trinajstić information content (AvgIpc) is 2.43. The van der Waals surface area contributed by atoms with Gasteiger partial charge in [-0.05, 0) is 37.3 Å². The van der Waals surface area contributed by atoms with Gasteiger partial charge >= 0.3 is 0 Å². The number of hydrogen-bond acceptors (Lipinski definition) is 3. The zero-order valence-electron chi connectivity index (χ0n) is 10.8. The minimum atomic E-state index is 0.637. The Bertz CT molecular complexity index is 605. The van der Waals surface area contributed by atoms with E-state index in [9.17, 15) is 0 Å². The van der Waals surface area contributed by atoms with Crippen LogP contribution in [0.25, 0.3) is 0 Å². The topological polar surface area (TPSA) is 24.9 Å². The van der Waals surface area contributed by atoms with Gasteiger partial charge in [0.1, 0.15) is 5.82 Å². The summed E-state index contributed by atoms with van der Waals surface area (Å²) in [6.07, 6.45) is 0. The number of hydrogen-bond donors (Lipinski definition) is 1. The molecule has 0 aliphatic rings. The Morgan fingerprint density at radius 3 is 2.60 bits per heavy atom. The van der Waals surface area contributed by atoms with E-state index in [4.69, 9.17) is 34.8 Å². The van der Waals surface area contributed by atoms with Crippen molar-refractivity contribution in [3.63, 3.8) is 0 Å². The molecule has 1 aromatic heterocycles. The maximum absolute atomic E-state index is 6.17. The molecule has 0 aliphatic heterocycles. The first-order chi connectivity index (χ1) is 9.60. The maximum atomic E-state index is 6.17. The maximum Gasteiger partial charge on any atom is 0.126 e. The Morgan fingerprint density at radius 2 is 1.85 bits per heavy atom. The Kier molecular flexibility index (Phi) is 5.85. The molecule has 0 atom stereocenters. The summed E-state index contributed by atoms with van der Waals surface area (Å²) in [5, 5.41) is 5.16. The molecule has 1 N–H and O–H groups in total. The molecule has 6 heteroatoms. The van der Waals surface area contributed by atoms with Crippen LogP contribution in [-0.2, 0) is 5.75 Å². The molecule has 0 fully saturated rings. The molecule has 0 amide bonds. The minimum Gasteiger partial charge on any atom is -0.370 e. The number of nitrogens with zero attached hydrogens (tertiary/aromatic N) is 1. The number of thioether (sulfide) groups is 1. The number of rotatable bonds is 5. The van der Waals surface area contributed by atoms with Crippen LogP contribution < -0.4 is 5.32 Å². The molecule has 1 aromatic carbocycles. The molecule has 20 heavy (non-hydrogen) atoms. The van der Waals surface area contributed by atoms with Crippen molar-refractivity contribution in [1.29, 1.82) is 0 Å². The molecule has 0 unspecified atom stereocenters. The van der Waals surface area contributed by atoms with Crippen molar-refractivity contribution in [2.45, 2.75) is 17.6 Å². The van der Waals surface area contributed by atoms with Gasteiger partial charge in [-0.2, -0.15) is 0 Å². The second-order valence-electron chi connectivity index (χ2n) is 4.02. The summed E-state index contributed by atoms with van der Waals surface area (Å²) < 4.78 is 0. The highest BCUT2D eigenvalue weighted by atomic mass is 35.5. The lowest BCUT2D eigenvalue weighted by Gasteiger charge is -2.08. The molecule has 0 radical (unpaired) electrons. The van der Waals surface area contributed by atoms with Gasteiger partial charge in [-0.3, -0.25) is 0 Å². The van der Waals surface area contributed by atoms with Crippen LogP contribution in [0.2, 0.25) is 15.1 Å². The first-order valence-corrected chi connectivity index (χ1v) is 8.19. The van der Waals surface area contributed by atoms with Crippen molar-refractivity contribution in [2.75, 3.05) is 11.9 Å². The smallest absolute Gasteiger partial charge is 0.126 e. The van der Waals surface area contributed by atoms with E-state index in [1.54, 1.807) is 23.9 Å². The lowest BCUT2D eigenvalue weighted by Crippen LogP contribution is -2.01. The van der Waals surface area contributed by atoms with Crippen molar-refractivity contribution >= 4 is 52.4 Å². The Morgan fingerprint density at radius 1 is 1.10 bits per heavy atom. The Balaban J connectivity index is 2.13. The lowest BCUT2D eigenvalue weighted by molar-refractivity contribution is 1.11. The minimum absolute atomic E-state index is 0.637. The number of pyridine rings is 1. The highest BCUT2D eigenvalue weighted by Crippen LogP contribution is 2.33. The lowest BCUT2D eigenvalue weighted by atomic mass is 10.3. The second-order valence-corrected chi connectivity index (χ2v) is 6.29. The Labute approximate surface area is 137 Å². The summed E-state index contributed by atoms with van der Waals surface area (Å²) in [7, 11) is 0. The largest absolute Gasteiger partial charge is 0.370 e. The molecule has 106 valence electrons. The van der Waals surface area contributed by atoms with Crippen molar-refractivity contribution in [1.82, 2.24) is 4.98 Å². The van der Waals surface area contributed by atoms with Gasteiger partial charge in [0.05, 0.1) is 15.7 Å². The van der Waals surface area contributed by atoms with Crippen LogP contribution in [0.1, 0.15) is 12.6 Å². The normalized spacial score (nSPS) is 10.6. The fourth-order valence-corrected chi connectivity index (χ4v) is 3.30. The van der Waals surface area contributed by atoms with E-state index in [0.717, 1.165) is 23.0 Å². The highest BCUT2D eigenvalue weighted by molar-refractivity contribution is 7.98. The molecule has 2 rings (SSSR count). The molecular weight excluding hydrogens is 335 g/mol. The van der Waals surface area contributed by atoms with E-state index in [-0.39, 0.29) is 0 Å². The van der Waals surface area contributed by atoms with Gasteiger partial charge in [-0.25, -0.2) is 4.98 Å². The van der Waals surface area contributed by atoms with Crippen LogP contribution in [0, 0.1) is 0 Å². The van der Waals surface area contributed by atoms with E-state index in [1.165, 1.54) is 0 Å². The molecule has 0 bridgehead atoms. The predicted molar refractivity (Wildman–Crippen MR) is 89.4 cm³/mol. The summed E-state index contributed by atoms with van der Waals surface area (Å²) in [5.74, 6) is 1.46. The quantitative estimate of drug-likeness (QED) is 0.695. The molecule has 0 aliphatic carbocycles. The molecule has 0 saturated heterocycles. The Hall–Kier alpha value is -0.610. The zero-order chi connectivity index (χ0) is 14.5. The van der Waals surface area contributed by atoms with E-state index in [1.807, 2.05) is 25.1 Å². The van der Waals surface area contributed by atoms with Gasteiger partial charge in [0.25, 0.3) is 0 Å². The number of halogens is 3. The van der Waals surface area contributed by atoms with Crippen molar-refractivity contribution in [3.8, 4) is 0 Å². The van der Waals surface area contributed by atoms with Crippen LogP contribution in [0.15, 0.2) is 35.2 Å². The summed E-state index contributed by atoms with van der Waals surface area (Å²) in [5.41, 5.74) is 0.825. The van der Waals surface area contributed by atoms with Gasteiger partial charge in [0.2, 0.25) is 0 Å². The van der Waals surface area contributed by atoms with Crippen LogP contribution in [0.3, 0.4) is 0 Å². The van der Waals surface area contributed by atoms with Crippen molar-refractivity contribution < 1.29 is 0 Å². The molecular formula is C14H13Cl3N2S. The highest BCUT2D eigenvalue weighted by Gasteiger charge is 2.07. The summed E-state index contributed by atoms with van der Waals surface area (Å²) in [4.78, 5) is 5.41. The van der Waals surface area contributed by atoms with Crippen molar-refractivity contribution in [3.05, 3.63) is 51.1 Å². The third-order valence-electron chi connectivity index (χ3n) is 2.53. The second kappa shape index (κ2) is 7.41. The van der Waals surface area contributed by atoms with E-state index in [0.29, 0.717) is 20.8 Å². The SMILES string of the molecule is CCNc1ccc(Cl)c(CSc2cc(Cl)ccc2Cl)n1. The summed E-state index contributed by atoms with van der Waals surface area (Å²) in [6, 6.07) is 9.12. The fourth-order valence-electron chi connectivity index (χ4n) is 1.60. The third kappa shape index (κ3) is 4.19. The first-order valence-electron chi connectivity index (χ1n) is 6.07. The molecule has 0 saturated carbocycles. The number of anilines is 1. The average molecular weight is 348 g/mol.